The molecular formula is C27H29N3O5. The molecule has 2 aliphatic rings. The van der Waals surface area contributed by atoms with Crippen LogP contribution in [0.5, 0.6) is 0 Å². The zero-order valence-electron chi connectivity index (χ0n) is 19.7. The monoisotopic (exact) mass is 475 g/mol. The maximum atomic E-state index is 13.3. The van der Waals surface area contributed by atoms with Gasteiger partial charge in [-0.25, -0.2) is 0 Å². The fraction of sp³-hybridized carbons (Fsp3) is 0.333. The van der Waals surface area contributed by atoms with Crippen LogP contribution >= 0.6 is 0 Å². The molecule has 8 nitrogen and oxygen atoms in total. The van der Waals surface area contributed by atoms with Gasteiger partial charge >= 0.3 is 5.97 Å². The van der Waals surface area contributed by atoms with Crippen molar-refractivity contribution in [1.82, 2.24) is 9.80 Å². The highest BCUT2D eigenvalue weighted by molar-refractivity contribution is 6.03. The number of aliphatic carboxylic acids is 1. The molecule has 1 saturated heterocycles. The first kappa shape index (κ1) is 24.2. The van der Waals surface area contributed by atoms with Gasteiger partial charge in [0.25, 0.3) is 5.91 Å². The van der Waals surface area contributed by atoms with Gasteiger partial charge in [-0.15, -0.1) is 0 Å². The molecule has 0 spiro atoms. The van der Waals surface area contributed by atoms with Crippen LogP contribution in [-0.2, 0) is 14.4 Å². The van der Waals surface area contributed by atoms with E-state index >= 15 is 0 Å². The van der Waals surface area contributed by atoms with E-state index in [4.69, 9.17) is 0 Å². The van der Waals surface area contributed by atoms with Crippen LogP contribution in [0.2, 0.25) is 0 Å². The molecule has 0 aromatic heterocycles. The first-order chi connectivity index (χ1) is 16.8. The molecule has 1 unspecified atom stereocenters. The molecular weight excluding hydrogens is 446 g/mol. The van der Waals surface area contributed by atoms with E-state index in [2.05, 4.69) is 11.9 Å². The third-order valence-electron chi connectivity index (χ3n) is 6.87. The molecule has 0 radical (unpaired) electrons. The molecule has 2 aromatic carbocycles. The Morgan fingerprint density at radius 3 is 2.49 bits per heavy atom. The minimum atomic E-state index is -0.986. The molecule has 1 fully saturated rings. The summed E-state index contributed by atoms with van der Waals surface area (Å²) in [6.07, 6.45) is 2.77. The lowest BCUT2D eigenvalue weighted by Crippen LogP contribution is -2.46. The van der Waals surface area contributed by atoms with E-state index in [1.54, 1.807) is 47.1 Å². The average Bonchev–Trinajstić information content (AvgIpc) is 2.85. The normalized spacial score (nSPS) is 18.1. The molecule has 2 aromatic rings. The number of benzene rings is 2. The van der Waals surface area contributed by atoms with E-state index < -0.39 is 11.9 Å². The van der Waals surface area contributed by atoms with Crippen LogP contribution in [-0.4, -0.2) is 64.8 Å². The number of carboxylic acids is 1. The number of para-hydroxylation sites is 1. The molecule has 1 atom stereocenters. The van der Waals surface area contributed by atoms with Gasteiger partial charge in [-0.3, -0.25) is 19.2 Å². The Labute approximate surface area is 204 Å². The number of hydrogen-bond donors (Lipinski definition) is 2. The summed E-state index contributed by atoms with van der Waals surface area (Å²) in [6, 6.07) is 12.4. The van der Waals surface area contributed by atoms with Crippen molar-refractivity contribution in [3.8, 4) is 11.1 Å². The number of carboxylic acid groups (broad SMARTS) is 1. The first-order valence-corrected chi connectivity index (χ1v) is 11.7. The molecule has 0 bridgehead atoms. The van der Waals surface area contributed by atoms with Crippen LogP contribution in [0.3, 0.4) is 0 Å². The molecule has 4 rings (SSSR count). The van der Waals surface area contributed by atoms with Crippen LogP contribution in [0.4, 0.5) is 5.69 Å². The second-order valence-electron chi connectivity index (χ2n) is 9.09. The van der Waals surface area contributed by atoms with Gasteiger partial charge in [0.2, 0.25) is 11.8 Å². The predicted molar refractivity (Wildman–Crippen MR) is 132 cm³/mol. The van der Waals surface area contributed by atoms with Crippen LogP contribution < -0.4 is 5.32 Å². The summed E-state index contributed by atoms with van der Waals surface area (Å²) < 4.78 is 0. The maximum absolute atomic E-state index is 13.3. The van der Waals surface area contributed by atoms with E-state index in [1.807, 2.05) is 12.1 Å². The Hall–Kier alpha value is -3.94. The lowest BCUT2D eigenvalue weighted by atomic mass is 9.85. The number of carbonyl (C=O) groups excluding carboxylic acids is 3. The summed E-state index contributed by atoms with van der Waals surface area (Å²) in [5.74, 6) is -2.08. The highest BCUT2D eigenvalue weighted by Crippen LogP contribution is 2.36. The Bertz CT molecular complexity index is 1180. The number of hydrogen-bond acceptors (Lipinski definition) is 4. The molecule has 35 heavy (non-hydrogen) atoms. The van der Waals surface area contributed by atoms with Crippen LogP contribution in [0.15, 0.2) is 55.1 Å². The van der Waals surface area contributed by atoms with E-state index in [0.29, 0.717) is 42.0 Å². The predicted octanol–water partition coefficient (Wildman–Crippen LogP) is 3.36. The number of nitrogens with zero attached hydrogens (tertiary/aromatic N) is 2. The second kappa shape index (κ2) is 10.1. The number of fused-ring (bicyclic) bond motifs is 1. The van der Waals surface area contributed by atoms with Crippen molar-refractivity contribution in [2.75, 3.05) is 31.5 Å². The summed E-state index contributed by atoms with van der Waals surface area (Å²) in [5, 5.41) is 12.8. The average molecular weight is 476 g/mol. The number of piperidine rings is 1. The molecule has 3 amide bonds. The lowest BCUT2D eigenvalue weighted by molar-refractivity contribution is -0.139. The highest BCUT2D eigenvalue weighted by atomic mass is 16.4. The van der Waals surface area contributed by atoms with Crippen molar-refractivity contribution in [1.29, 1.82) is 0 Å². The van der Waals surface area contributed by atoms with Crippen molar-refractivity contribution in [3.05, 3.63) is 66.2 Å². The van der Waals surface area contributed by atoms with E-state index in [1.165, 1.54) is 6.08 Å². The second-order valence-corrected chi connectivity index (χ2v) is 9.09. The fourth-order valence-electron chi connectivity index (χ4n) is 4.92. The van der Waals surface area contributed by atoms with Gasteiger partial charge in [0.05, 0.1) is 0 Å². The number of nitrogens with one attached hydrogen (secondary N) is 1. The first-order valence-electron chi connectivity index (χ1n) is 11.7. The van der Waals surface area contributed by atoms with E-state index in [9.17, 15) is 24.3 Å². The number of likely N-dealkylation sites (tertiary alicyclic amines) is 1. The van der Waals surface area contributed by atoms with Gasteiger partial charge in [-0.2, -0.15) is 0 Å². The molecule has 2 aliphatic heterocycles. The molecule has 2 heterocycles. The minimum Gasteiger partial charge on any atom is -0.481 e. The zero-order chi connectivity index (χ0) is 25.1. The summed E-state index contributed by atoms with van der Waals surface area (Å²) in [5.41, 5.74) is 2.88. The maximum Gasteiger partial charge on any atom is 0.312 e. The lowest BCUT2D eigenvalue weighted by Gasteiger charge is -2.38. The highest BCUT2D eigenvalue weighted by Gasteiger charge is 2.37. The van der Waals surface area contributed by atoms with Crippen LogP contribution in [0.25, 0.3) is 11.1 Å². The summed E-state index contributed by atoms with van der Waals surface area (Å²) in [4.78, 5) is 52.5. The van der Waals surface area contributed by atoms with E-state index in [-0.39, 0.29) is 30.2 Å². The van der Waals surface area contributed by atoms with Gasteiger partial charge in [-0.1, -0.05) is 30.8 Å². The van der Waals surface area contributed by atoms with Crippen molar-refractivity contribution in [2.24, 2.45) is 5.92 Å². The molecule has 0 aliphatic carbocycles. The van der Waals surface area contributed by atoms with Gasteiger partial charge in [0.1, 0.15) is 5.92 Å². The van der Waals surface area contributed by atoms with Crippen molar-refractivity contribution < 1.29 is 24.3 Å². The summed E-state index contributed by atoms with van der Waals surface area (Å²) in [6.45, 7) is 6.94. The SMILES string of the molecule is C=CC(=O)Nc1ccccc1-c1ccc2c(c1)C(C(=O)O)CN(CC1CCN(C(C)=O)CC1)C2=O. The standard InChI is InChI=1S/C27H29N3O5/c1-3-25(32)28-24-7-5-4-6-20(24)19-8-9-21-22(14-19)23(27(34)35)16-30(26(21)33)15-18-10-12-29(13-11-18)17(2)31/h3-9,14,18,23H,1,10-13,15-16H2,2H3,(H,28,32)(H,34,35). The van der Waals surface area contributed by atoms with Gasteiger partial charge < -0.3 is 20.2 Å². The van der Waals surface area contributed by atoms with Gasteiger partial charge in [-0.05, 0) is 54.2 Å². The Morgan fingerprint density at radius 1 is 1.11 bits per heavy atom. The van der Waals surface area contributed by atoms with Crippen molar-refractivity contribution >= 4 is 29.4 Å². The number of carbonyl (C=O) groups is 4. The molecule has 182 valence electrons. The van der Waals surface area contributed by atoms with Crippen molar-refractivity contribution in [2.45, 2.75) is 25.7 Å². The van der Waals surface area contributed by atoms with E-state index in [0.717, 1.165) is 18.4 Å². The number of amides is 3. The van der Waals surface area contributed by atoms with Crippen LogP contribution in [0, 0.1) is 5.92 Å². The van der Waals surface area contributed by atoms with Crippen LogP contribution in [0.1, 0.15) is 41.6 Å². The zero-order valence-corrected chi connectivity index (χ0v) is 19.7. The third kappa shape index (κ3) is 5.11. The van der Waals surface area contributed by atoms with Gasteiger partial charge in [0.15, 0.2) is 0 Å². The molecule has 8 heteroatoms. The fourth-order valence-corrected chi connectivity index (χ4v) is 4.92. The topological polar surface area (TPSA) is 107 Å². The Morgan fingerprint density at radius 2 is 1.83 bits per heavy atom. The Kier molecular flexibility index (Phi) is 7.00. The minimum absolute atomic E-state index is 0.0544. The third-order valence-corrected chi connectivity index (χ3v) is 6.87. The smallest absolute Gasteiger partial charge is 0.312 e. The molecule has 0 saturated carbocycles. The summed E-state index contributed by atoms with van der Waals surface area (Å²) >= 11 is 0. The number of anilines is 1. The number of rotatable bonds is 6. The van der Waals surface area contributed by atoms with Gasteiger partial charge in [0, 0.05) is 49.9 Å². The largest absolute Gasteiger partial charge is 0.481 e. The summed E-state index contributed by atoms with van der Waals surface area (Å²) in [7, 11) is 0. The van der Waals surface area contributed by atoms with Crippen molar-refractivity contribution in [3.63, 3.8) is 0 Å². The quantitative estimate of drug-likeness (QED) is 0.623. The Balaban J connectivity index is 1.60. The molecule has 2 N–H and O–H groups in total.